The molecule has 0 aliphatic heterocycles. The molecule has 0 rings (SSSR count). The predicted molar refractivity (Wildman–Crippen MR) is 46.9 cm³/mol. The van der Waals surface area contributed by atoms with Gasteiger partial charge in [0.15, 0.2) is 6.29 Å². The average molecular weight is 177 g/mol. The highest BCUT2D eigenvalue weighted by Gasteiger charge is 2.17. The summed E-state index contributed by atoms with van der Waals surface area (Å²) in [6, 6.07) is -0.213. The van der Waals surface area contributed by atoms with Gasteiger partial charge in [0.05, 0.1) is 12.6 Å². The summed E-state index contributed by atoms with van der Waals surface area (Å²) >= 11 is 0. The van der Waals surface area contributed by atoms with Crippen molar-refractivity contribution in [1.29, 1.82) is 0 Å². The lowest BCUT2D eigenvalue weighted by atomic mass is 10.3. The fraction of sp³-hybridized carbons (Fsp3) is 1.00. The molecule has 0 saturated heterocycles. The van der Waals surface area contributed by atoms with Crippen LogP contribution in [-0.2, 0) is 14.2 Å². The minimum absolute atomic E-state index is 0.213. The third kappa shape index (κ3) is 4.66. The van der Waals surface area contributed by atoms with Crippen LogP contribution in [0.2, 0.25) is 0 Å². The summed E-state index contributed by atoms with van der Waals surface area (Å²) in [7, 11) is 1.61. The molecule has 4 nitrogen and oxygen atoms in total. The maximum absolute atomic E-state index is 5.73. The van der Waals surface area contributed by atoms with Crippen molar-refractivity contribution in [2.45, 2.75) is 26.2 Å². The number of methoxy groups -OCH3 is 1. The van der Waals surface area contributed by atoms with Crippen LogP contribution in [0.3, 0.4) is 0 Å². The molecule has 2 N–H and O–H groups in total. The molecule has 0 fully saturated rings. The quantitative estimate of drug-likeness (QED) is 0.570. The fourth-order valence-corrected chi connectivity index (χ4v) is 0.895. The minimum Gasteiger partial charge on any atom is -0.383 e. The highest BCUT2D eigenvalue weighted by Crippen LogP contribution is 2.00. The zero-order valence-corrected chi connectivity index (χ0v) is 8.08. The maximum atomic E-state index is 5.73. The van der Waals surface area contributed by atoms with Crippen molar-refractivity contribution < 1.29 is 14.2 Å². The lowest BCUT2D eigenvalue weighted by Crippen LogP contribution is -2.42. The van der Waals surface area contributed by atoms with Crippen molar-refractivity contribution >= 4 is 0 Å². The van der Waals surface area contributed by atoms with Gasteiger partial charge in [0.25, 0.3) is 0 Å². The van der Waals surface area contributed by atoms with Gasteiger partial charge in [-0.2, -0.15) is 0 Å². The topological polar surface area (TPSA) is 53.7 Å². The van der Waals surface area contributed by atoms with Gasteiger partial charge in [-0.3, -0.25) is 0 Å². The van der Waals surface area contributed by atoms with Crippen molar-refractivity contribution in [3.8, 4) is 0 Å². The Morgan fingerprint density at radius 2 is 1.67 bits per heavy atom. The summed E-state index contributed by atoms with van der Waals surface area (Å²) in [5.74, 6) is 0. The van der Waals surface area contributed by atoms with Crippen molar-refractivity contribution in [3.63, 3.8) is 0 Å². The van der Waals surface area contributed by atoms with E-state index in [9.17, 15) is 0 Å². The molecule has 12 heavy (non-hydrogen) atoms. The molecule has 1 unspecified atom stereocenters. The first kappa shape index (κ1) is 11.8. The summed E-state index contributed by atoms with van der Waals surface area (Å²) in [5, 5.41) is 0. The van der Waals surface area contributed by atoms with Gasteiger partial charge in [-0.15, -0.1) is 0 Å². The van der Waals surface area contributed by atoms with Crippen molar-refractivity contribution in [2.75, 3.05) is 26.9 Å². The molecule has 0 heterocycles. The zero-order valence-electron chi connectivity index (χ0n) is 8.08. The minimum atomic E-state index is -0.347. The molecule has 0 bridgehead atoms. The van der Waals surface area contributed by atoms with E-state index in [1.54, 1.807) is 7.11 Å². The van der Waals surface area contributed by atoms with Crippen LogP contribution in [0.1, 0.15) is 13.8 Å². The van der Waals surface area contributed by atoms with Crippen molar-refractivity contribution in [1.82, 2.24) is 0 Å². The molecular formula is C8H19NO3. The van der Waals surface area contributed by atoms with Crippen LogP contribution >= 0.6 is 0 Å². The Balaban J connectivity index is 3.72. The molecule has 0 spiro atoms. The Morgan fingerprint density at radius 3 is 2.00 bits per heavy atom. The molecule has 0 radical (unpaired) electrons. The first-order valence-corrected chi connectivity index (χ1v) is 4.23. The standard InChI is InChI=1S/C8H19NO3/c1-4-11-8(12-5-2)7(9)6-10-3/h7-8H,4-6,9H2,1-3H3. The van der Waals surface area contributed by atoms with Gasteiger partial charge in [-0.25, -0.2) is 0 Å². The van der Waals surface area contributed by atoms with E-state index in [0.717, 1.165) is 0 Å². The van der Waals surface area contributed by atoms with E-state index in [1.807, 2.05) is 13.8 Å². The van der Waals surface area contributed by atoms with E-state index in [-0.39, 0.29) is 12.3 Å². The molecule has 0 saturated carbocycles. The van der Waals surface area contributed by atoms with Gasteiger partial charge >= 0.3 is 0 Å². The molecule has 1 atom stereocenters. The van der Waals surface area contributed by atoms with E-state index in [0.29, 0.717) is 19.8 Å². The Hall–Kier alpha value is -0.160. The number of hydrogen-bond donors (Lipinski definition) is 1. The molecule has 74 valence electrons. The second-order valence-electron chi connectivity index (χ2n) is 2.40. The molecule has 0 aromatic carbocycles. The van der Waals surface area contributed by atoms with Gasteiger partial charge in [0.2, 0.25) is 0 Å². The number of ether oxygens (including phenoxy) is 3. The van der Waals surface area contributed by atoms with Gasteiger partial charge in [0, 0.05) is 20.3 Å². The van der Waals surface area contributed by atoms with E-state index in [1.165, 1.54) is 0 Å². The SMILES string of the molecule is CCOC(OCC)C(N)COC. The molecule has 0 aliphatic carbocycles. The zero-order chi connectivity index (χ0) is 9.40. The van der Waals surface area contributed by atoms with Gasteiger partial charge in [-0.1, -0.05) is 0 Å². The van der Waals surface area contributed by atoms with Crippen LogP contribution in [0.15, 0.2) is 0 Å². The third-order valence-corrected chi connectivity index (χ3v) is 1.37. The first-order chi connectivity index (χ1) is 5.76. The van der Waals surface area contributed by atoms with Crippen LogP contribution in [0.5, 0.6) is 0 Å². The van der Waals surface area contributed by atoms with Crippen molar-refractivity contribution in [2.24, 2.45) is 5.73 Å². The lowest BCUT2D eigenvalue weighted by Gasteiger charge is -2.22. The molecule has 4 heteroatoms. The summed E-state index contributed by atoms with van der Waals surface area (Å²) < 4.78 is 15.4. The van der Waals surface area contributed by atoms with E-state index >= 15 is 0 Å². The molecular weight excluding hydrogens is 158 g/mol. The van der Waals surface area contributed by atoms with Crippen LogP contribution in [0, 0.1) is 0 Å². The fourth-order valence-electron chi connectivity index (χ4n) is 0.895. The highest BCUT2D eigenvalue weighted by atomic mass is 16.7. The number of hydrogen-bond acceptors (Lipinski definition) is 4. The average Bonchev–Trinajstić information content (AvgIpc) is 2.04. The number of nitrogens with two attached hydrogens (primary N) is 1. The predicted octanol–water partition coefficient (Wildman–Crippen LogP) is 0.359. The van der Waals surface area contributed by atoms with E-state index in [4.69, 9.17) is 19.9 Å². The van der Waals surface area contributed by atoms with Crippen LogP contribution in [-0.4, -0.2) is 39.3 Å². The highest BCUT2D eigenvalue weighted by molar-refractivity contribution is 4.64. The maximum Gasteiger partial charge on any atom is 0.174 e. The molecule has 0 aromatic rings. The summed E-state index contributed by atoms with van der Waals surface area (Å²) in [5.41, 5.74) is 5.73. The van der Waals surface area contributed by atoms with Crippen LogP contribution in [0.25, 0.3) is 0 Å². The van der Waals surface area contributed by atoms with Gasteiger partial charge < -0.3 is 19.9 Å². The normalized spacial score (nSPS) is 13.8. The Kier molecular flexibility index (Phi) is 7.39. The third-order valence-electron chi connectivity index (χ3n) is 1.37. The Morgan fingerprint density at radius 1 is 1.17 bits per heavy atom. The monoisotopic (exact) mass is 177 g/mol. The van der Waals surface area contributed by atoms with Crippen LogP contribution in [0.4, 0.5) is 0 Å². The van der Waals surface area contributed by atoms with Gasteiger partial charge in [0.1, 0.15) is 0 Å². The summed E-state index contributed by atoms with van der Waals surface area (Å²) in [6.45, 7) is 5.46. The molecule has 0 aliphatic rings. The number of rotatable bonds is 7. The second-order valence-corrected chi connectivity index (χ2v) is 2.40. The van der Waals surface area contributed by atoms with Crippen LogP contribution < -0.4 is 5.73 Å². The second kappa shape index (κ2) is 7.49. The Bertz CT molecular complexity index is 94.3. The van der Waals surface area contributed by atoms with E-state index < -0.39 is 0 Å². The lowest BCUT2D eigenvalue weighted by molar-refractivity contribution is -0.155. The largest absolute Gasteiger partial charge is 0.383 e. The molecule has 0 aromatic heterocycles. The first-order valence-electron chi connectivity index (χ1n) is 4.23. The Labute approximate surface area is 74.0 Å². The van der Waals surface area contributed by atoms with Crippen molar-refractivity contribution in [3.05, 3.63) is 0 Å². The smallest absolute Gasteiger partial charge is 0.174 e. The summed E-state index contributed by atoms with van der Waals surface area (Å²) in [6.07, 6.45) is -0.347. The summed E-state index contributed by atoms with van der Waals surface area (Å²) in [4.78, 5) is 0. The molecule has 0 amide bonds. The van der Waals surface area contributed by atoms with Gasteiger partial charge in [-0.05, 0) is 13.8 Å². The van der Waals surface area contributed by atoms with E-state index in [2.05, 4.69) is 0 Å².